The summed E-state index contributed by atoms with van der Waals surface area (Å²) >= 11 is 0. The highest BCUT2D eigenvalue weighted by Crippen LogP contribution is 2.38. The molecule has 0 aliphatic carbocycles. The van der Waals surface area contributed by atoms with Gasteiger partial charge in [-0.05, 0) is 51.0 Å². The van der Waals surface area contributed by atoms with E-state index in [0.717, 1.165) is 35.0 Å². The predicted octanol–water partition coefficient (Wildman–Crippen LogP) is 4.44. The van der Waals surface area contributed by atoms with Crippen LogP contribution in [0.15, 0.2) is 54.7 Å². The lowest BCUT2D eigenvalue weighted by molar-refractivity contribution is -0.147. The number of H-pyrrole nitrogens is 1. The predicted molar refractivity (Wildman–Crippen MR) is 135 cm³/mol. The molecule has 5 rings (SSSR count). The standard InChI is InChI=1S/C28H31F2N5O3/c1-28(2,3)38-27(37)32-22-12-24(34-15-18-13-31-33-23(18)16-34)26(36)35(14-17-7-5-4-6-8-17)25(22)20-11-19(29)9-10-21(20)30/h4-11,13,22,24-25H,12,14-16H2,1-3H3,(H,31,33)(H,32,37)/t22-,24+,25?/m0/s1. The fourth-order valence-electron chi connectivity index (χ4n) is 5.31. The Morgan fingerprint density at radius 1 is 1.16 bits per heavy atom. The summed E-state index contributed by atoms with van der Waals surface area (Å²) in [4.78, 5) is 30.6. The Labute approximate surface area is 220 Å². The maximum absolute atomic E-state index is 15.2. The first-order chi connectivity index (χ1) is 18.1. The van der Waals surface area contributed by atoms with Crippen molar-refractivity contribution in [2.24, 2.45) is 0 Å². The van der Waals surface area contributed by atoms with Gasteiger partial charge in [0.15, 0.2) is 0 Å². The van der Waals surface area contributed by atoms with E-state index in [1.165, 1.54) is 0 Å². The molecule has 0 spiro atoms. The minimum Gasteiger partial charge on any atom is -0.444 e. The molecule has 2 amide bonds. The summed E-state index contributed by atoms with van der Waals surface area (Å²) in [6, 6.07) is 10.2. The first-order valence-corrected chi connectivity index (χ1v) is 12.6. The third-order valence-corrected chi connectivity index (χ3v) is 6.92. The molecule has 0 radical (unpaired) electrons. The molecular formula is C28H31F2N5O3. The molecular weight excluding hydrogens is 492 g/mol. The molecule has 200 valence electrons. The highest BCUT2D eigenvalue weighted by Gasteiger charge is 2.47. The summed E-state index contributed by atoms with van der Waals surface area (Å²) in [5.74, 6) is -1.50. The van der Waals surface area contributed by atoms with Crippen LogP contribution in [0.5, 0.6) is 0 Å². The monoisotopic (exact) mass is 523 g/mol. The second kappa shape index (κ2) is 10.2. The number of carbonyl (C=O) groups is 2. The normalized spacial score (nSPS) is 21.9. The summed E-state index contributed by atoms with van der Waals surface area (Å²) in [6.45, 7) is 6.40. The molecule has 8 nitrogen and oxygen atoms in total. The highest BCUT2D eigenvalue weighted by molar-refractivity contribution is 5.84. The number of hydrogen-bond donors (Lipinski definition) is 2. The summed E-state index contributed by atoms with van der Waals surface area (Å²) in [6.07, 6.45) is 1.25. The Kier molecular flexibility index (Phi) is 6.92. The van der Waals surface area contributed by atoms with Crippen molar-refractivity contribution in [2.45, 2.75) is 70.6 Å². The van der Waals surface area contributed by atoms with E-state index in [4.69, 9.17) is 4.74 Å². The molecule has 3 heterocycles. The lowest BCUT2D eigenvalue weighted by atomic mass is 9.86. The number of nitrogens with zero attached hydrogens (tertiary/aromatic N) is 3. The van der Waals surface area contributed by atoms with E-state index in [2.05, 4.69) is 15.5 Å². The number of hydrogen-bond acceptors (Lipinski definition) is 5. The number of carbonyl (C=O) groups excluding carboxylic acids is 2. The van der Waals surface area contributed by atoms with Gasteiger partial charge in [-0.2, -0.15) is 5.10 Å². The van der Waals surface area contributed by atoms with E-state index in [0.29, 0.717) is 13.1 Å². The van der Waals surface area contributed by atoms with E-state index >= 15 is 4.39 Å². The van der Waals surface area contributed by atoms with Gasteiger partial charge in [-0.3, -0.25) is 14.8 Å². The molecule has 38 heavy (non-hydrogen) atoms. The van der Waals surface area contributed by atoms with Crippen LogP contribution in [0.1, 0.15) is 55.6 Å². The maximum Gasteiger partial charge on any atom is 0.407 e. The smallest absolute Gasteiger partial charge is 0.407 e. The average molecular weight is 524 g/mol. The van der Waals surface area contributed by atoms with Crippen LogP contribution in [0.25, 0.3) is 0 Å². The van der Waals surface area contributed by atoms with Gasteiger partial charge < -0.3 is 15.0 Å². The van der Waals surface area contributed by atoms with Crippen molar-refractivity contribution in [3.05, 3.63) is 88.7 Å². The number of amides is 2. The van der Waals surface area contributed by atoms with Gasteiger partial charge in [0.25, 0.3) is 0 Å². The summed E-state index contributed by atoms with van der Waals surface area (Å²) in [7, 11) is 0. The van der Waals surface area contributed by atoms with Crippen molar-refractivity contribution in [2.75, 3.05) is 0 Å². The number of fused-ring (bicyclic) bond motifs is 1. The zero-order valence-corrected chi connectivity index (χ0v) is 21.6. The number of rotatable bonds is 5. The van der Waals surface area contributed by atoms with Crippen LogP contribution in [-0.4, -0.2) is 49.7 Å². The Bertz CT molecular complexity index is 1300. The lowest BCUT2D eigenvalue weighted by Gasteiger charge is -2.47. The largest absolute Gasteiger partial charge is 0.444 e. The number of benzene rings is 2. The number of alkyl carbamates (subject to hydrolysis) is 1. The molecule has 2 aliphatic rings. The second-order valence-electron chi connectivity index (χ2n) is 10.8. The van der Waals surface area contributed by atoms with Crippen LogP contribution >= 0.6 is 0 Å². The van der Waals surface area contributed by atoms with Crippen LogP contribution < -0.4 is 5.32 Å². The summed E-state index contributed by atoms with van der Waals surface area (Å²) in [5, 5.41) is 9.93. The van der Waals surface area contributed by atoms with Gasteiger partial charge in [0.05, 0.1) is 30.0 Å². The molecule has 3 aromatic rings. The maximum atomic E-state index is 15.2. The number of piperidine rings is 1. The quantitative estimate of drug-likeness (QED) is 0.516. The van der Waals surface area contributed by atoms with E-state index in [1.807, 2.05) is 35.2 Å². The van der Waals surface area contributed by atoms with Gasteiger partial charge in [0.2, 0.25) is 5.91 Å². The SMILES string of the molecule is CC(C)(C)OC(=O)N[C@H]1C[C@@H](N2Cc3cn[nH]c3C2)C(=O)N(Cc2ccccc2)C1c1cc(F)ccc1F. The average Bonchev–Trinajstić information content (AvgIpc) is 3.45. The van der Waals surface area contributed by atoms with Gasteiger partial charge >= 0.3 is 6.09 Å². The molecule has 0 saturated carbocycles. The third kappa shape index (κ3) is 5.40. The summed E-state index contributed by atoms with van der Waals surface area (Å²) in [5.41, 5.74) is 2.01. The number of likely N-dealkylation sites (tertiary alicyclic amines) is 1. The van der Waals surface area contributed by atoms with E-state index < -0.39 is 41.5 Å². The summed E-state index contributed by atoms with van der Waals surface area (Å²) < 4.78 is 35.2. The van der Waals surface area contributed by atoms with Gasteiger partial charge in [-0.15, -0.1) is 0 Å². The Morgan fingerprint density at radius 2 is 1.92 bits per heavy atom. The third-order valence-electron chi connectivity index (χ3n) is 6.92. The fourth-order valence-corrected chi connectivity index (χ4v) is 5.31. The van der Waals surface area contributed by atoms with Crippen LogP contribution in [0, 0.1) is 11.6 Å². The van der Waals surface area contributed by atoms with Crippen LogP contribution in [0.4, 0.5) is 13.6 Å². The first kappa shape index (κ1) is 25.8. The molecule has 10 heteroatoms. The van der Waals surface area contributed by atoms with Crippen molar-refractivity contribution >= 4 is 12.0 Å². The van der Waals surface area contributed by atoms with Crippen LogP contribution in [0.3, 0.4) is 0 Å². The molecule has 1 saturated heterocycles. The van der Waals surface area contributed by atoms with E-state index in [1.54, 1.807) is 31.9 Å². The molecule has 3 atom stereocenters. The molecule has 1 unspecified atom stereocenters. The zero-order valence-electron chi connectivity index (χ0n) is 21.6. The topological polar surface area (TPSA) is 90.6 Å². The van der Waals surface area contributed by atoms with Gasteiger partial charge in [0.1, 0.15) is 17.2 Å². The number of nitrogens with one attached hydrogen (secondary N) is 2. The van der Waals surface area contributed by atoms with Crippen molar-refractivity contribution in [3.63, 3.8) is 0 Å². The Balaban J connectivity index is 1.55. The van der Waals surface area contributed by atoms with Crippen molar-refractivity contribution in [1.29, 1.82) is 0 Å². The molecule has 0 bridgehead atoms. The number of halogens is 2. The second-order valence-corrected chi connectivity index (χ2v) is 10.8. The zero-order chi connectivity index (χ0) is 27.0. The molecule has 2 aliphatic heterocycles. The molecule has 1 aromatic heterocycles. The van der Waals surface area contributed by atoms with Gasteiger partial charge in [-0.1, -0.05) is 30.3 Å². The molecule has 1 fully saturated rings. The van der Waals surface area contributed by atoms with E-state index in [-0.39, 0.29) is 24.4 Å². The van der Waals surface area contributed by atoms with Crippen molar-refractivity contribution < 1.29 is 23.1 Å². The van der Waals surface area contributed by atoms with Crippen LogP contribution in [-0.2, 0) is 29.2 Å². The lowest BCUT2D eigenvalue weighted by Crippen LogP contribution is -2.60. The fraction of sp³-hybridized carbons (Fsp3) is 0.393. The van der Waals surface area contributed by atoms with E-state index in [9.17, 15) is 14.0 Å². The Morgan fingerprint density at radius 3 is 2.63 bits per heavy atom. The minimum atomic E-state index is -0.954. The highest BCUT2D eigenvalue weighted by atomic mass is 19.1. The van der Waals surface area contributed by atoms with Gasteiger partial charge in [0, 0.05) is 30.8 Å². The van der Waals surface area contributed by atoms with Gasteiger partial charge in [-0.25, -0.2) is 13.6 Å². The molecule has 2 aromatic carbocycles. The minimum absolute atomic E-state index is 0.00429. The Hall–Kier alpha value is -3.79. The molecule has 2 N–H and O–H groups in total. The van der Waals surface area contributed by atoms with Crippen LogP contribution in [0.2, 0.25) is 0 Å². The first-order valence-electron chi connectivity index (χ1n) is 12.6. The van der Waals surface area contributed by atoms with Crippen molar-refractivity contribution in [1.82, 2.24) is 25.3 Å². The van der Waals surface area contributed by atoms with Crippen molar-refractivity contribution in [3.8, 4) is 0 Å². The number of aromatic amines is 1. The number of aromatic nitrogens is 2. The number of ether oxygens (including phenoxy) is 1.